The standard InChI is InChI=1S/C24H21NS/c1-17-12-23(17)15-20-5-9-21-13-19(4-8-22(21)14-20)3-2-18-6-10-24(11-7-18)25-16-26/h5-7,9-11,13-14,17,23H,4,8,12,15H2,1H3. The molecule has 0 radical (unpaired) electrons. The molecule has 0 spiro atoms. The van der Waals surface area contributed by atoms with Gasteiger partial charge in [0.05, 0.1) is 10.8 Å². The molecule has 0 aromatic heterocycles. The van der Waals surface area contributed by atoms with Gasteiger partial charge in [-0.15, -0.1) is 0 Å². The Morgan fingerprint density at radius 3 is 2.62 bits per heavy atom. The van der Waals surface area contributed by atoms with Crippen molar-refractivity contribution in [2.75, 3.05) is 0 Å². The van der Waals surface area contributed by atoms with Crippen LogP contribution in [0, 0.1) is 23.7 Å². The number of isothiocyanates is 1. The molecule has 2 aromatic carbocycles. The monoisotopic (exact) mass is 355 g/mol. The molecule has 2 aliphatic rings. The zero-order valence-corrected chi connectivity index (χ0v) is 15.8. The zero-order chi connectivity index (χ0) is 17.9. The molecular formula is C24H21NS. The minimum absolute atomic E-state index is 0.813. The van der Waals surface area contributed by atoms with E-state index in [1.165, 1.54) is 35.1 Å². The molecule has 2 atom stereocenters. The molecule has 128 valence electrons. The SMILES string of the molecule is CC1CC1Cc1ccc2c(c1)CCC(C#Cc1ccc(N=C=S)cc1)=C2. The van der Waals surface area contributed by atoms with Gasteiger partial charge in [0.15, 0.2) is 0 Å². The molecule has 4 rings (SSSR count). The molecule has 1 nitrogen and oxygen atoms in total. The van der Waals surface area contributed by atoms with E-state index in [0.29, 0.717) is 0 Å². The lowest BCUT2D eigenvalue weighted by molar-refractivity contribution is 0.745. The Balaban J connectivity index is 1.48. The molecule has 0 saturated heterocycles. The third-order valence-electron chi connectivity index (χ3n) is 5.38. The van der Waals surface area contributed by atoms with Crippen molar-refractivity contribution >= 4 is 29.1 Å². The molecule has 2 unspecified atom stereocenters. The van der Waals surface area contributed by atoms with E-state index in [9.17, 15) is 0 Å². The summed E-state index contributed by atoms with van der Waals surface area (Å²) in [4.78, 5) is 3.96. The second-order valence-electron chi connectivity index (χ2n) is 7.38. The lowest BCUT2D eigenvalue weighted by Crippen LogP contribution is -2.00. The van der Waals surface area contributed by atoms with Crippen LogP contribution in [-0.2, 0) is 12.8 Å². The number of benzene rings is 2. The first-order chi connectivity index (χ1) is 12.7. The van der Waals surface area contributed by atoms with E-state index in [0.717, 1.165) is 35.9 Å². The van der Waals surface area contributed by atoms with Crippen molar-refractivity contribution in [3.8, 4) is 11.8 Å². The molecule has 0 aliphatic heterocycles. The fraction of sp³-hybridized carbons (Fsp3) is 0.292. The predicted molar refractivity (Wildman–Crippen MR) is 112 cm³/mol. The Bertz CT molecular complexity index is 966. The van der Waals surface area contributed by atoms with E-state index in [-0.39, 0.29) is 0 Å². The predicted octanol–water partition coefficient (Wildman–Crippen LogP) is 6.00. The summed E-state index contributed by atoms with van der Waals surface area (Å²) < 4.78 is 0. The van der Waals surface area contributed by atoms with Crippen molar-refractivity contribution < 1.29 is 0 Å². The number of hydrogen-bond acceptors (Lipinski definition) is 2. The van der Waals surface area contributed by atoms with Crippen LogP contribution in [0.15, 0.2) is 53.0 Å². The van der Waals surface area contributed by atoms with Crippen molar-refractivity contribution in [2.24, 2.45) is 16.8 Å². The van der Waals surface area contributed by atoms with Crippen molar-refractivity contribution in [3.05, 3.63) is 70.3 Å². The number of aliphatic imine (C=N–C) groups is 1. The summed E-state index contributed by atoms with van der Waals surface area (Å²) in [5.74, 6) is 8.43. The number of hydrogen-bond donors (Lipinski definition) is 0. The summed E-state index contributed by atoms with van der Waals surface area (Å²) in [6.45, 7) is 2.36. The summed E-state index contributed by atoms with van der Waals surface area (Å²) in [6.07, 6.45) is 7.01. The lowest BCUT2D eigenvalue weighted by atomic mass is 9.90. The molecule has 2 aliphatic carbocycles. The van der Waals surface area contributed by atoms with E-state index in [4.69, 9.17) is 0 Å². The Morgan fingerprint density at radius 1 is 1.08 bits per heavy atom. The molecule has 1 saturated carbocycles. The fourth-order valence-corrected chi connectivity index (χ4v) is 3.69. The molecular weight excluding hydrogens is 334 g/mol. The van der Waals surface area contributed by atoms with Crippen LogP contribution < -0.4 is 0 Å². The summed E-state index contributed by atoms with van der Waals surface area (Å²) in [5, 5.41) is 2.38. The molecule has 2 aromatic rings. The van der Waals surface area contributed by atoms with Gasteiger partial charge in [-0.25, -0.2) is 0 Å². The largest absolute Gasteiger partial charge is 0.195 e. The van der Waals surface area contributed by atoms with Crippen LogP contribution in [0.2, 0.25) is 0 Å². The molecule has 0 bridgehead atoms. The summed E-state index contributed by atoms with van der Waals surface area (Å²) >= 11 is 4.62. The topological polar surface area (TPSA) is 12.4 Å². The maximum Gasteiger partial charge on any atom is 0.0740 e. The molecule has 0 amide bonds. The van der Waals surface area contributed by atoms with Gasteiger partial charge in [0.2, 0.25) is 0 Å². The highest BCUT2D eigenvalue weighted by Crippen LogP contribution is 2.40. The maximum atomic E-state index is 4.62. The Labute approximate surface area is 160 Å². The van der Waals surface area contributed by atoms with E-state index >= 15 is 0 Å². The molecule has 2 heteroatoms. The first-order valence-electron chi connectivity index (χ1n) is 9.23. The number of allylic oxidation sites excluding steroid dienone is 1. The van der Waals surface area contributed by atoms with Gasteiger partial charge in [-0.2, -0.15) is 4.99 Å². The molecule has 0 heterocycles. The quantitative estimate of drug-likeness (QED) is 0.374. The van der Waals surface area contributed by atoms with Gasteiger partial charge in [0.25, 0.3) is 0 Å². The average Bonchev–Trinajstić information content (AvgIpc) is 3.36. The maximum absolute atomic E-state index is 4.62. The van der Waals surface area contributed by atoms with E-state index in [1.807, 2.05) is 24.3 Å². The summed E-state index contributed by atoms with van der Waals surface area (Å²) in [7, 11) is 0. The normalized spacial score (nSPS) is 20.1. The van der Waals surface area contributed by atoms with Gasteiger partial charge in [-0.05, 0) is 96.8 Å². The fourth-order valence-electron chi connectivity index (χ4n) is 3.58. The number of rotatable bonds is 3. The van der Waals surface area contributed by atoms with Crippen LogP contribution in [-0.4, -0.2) is 5.16 Å². The van der Waals surface area contributed by atoms with Crippen molar-refractivity contribution in [3.63, 3.8) is 0 Å². The van der Waals surface area contributed by atoms with Crippen molar-refractivity contribution in [2.45, 2.75) is 32.6 Å². The van der Waals surface area contributed by atoms with Crippen LogP contribution in [0.3, 0.4) is 0 Å². The number of aryl methyl sites for hydroxylation is 1. The van der Waals surface area contributed by atoms with Gasteiger partial charge in [-0.1, -0.05) is 37.0 Å². The minimum Gasteiger partial charge on any atom is -0.195 e. The van der Waals surface area contributed by atoms with Crippen LogP contribution in [0.5, 0.6) is 0 Å². The van der Waals surface area contributed by atoms with Gasteiger partial charge >= 0.3 is 0 Å². The summed E-state index contributed by atoms with van der Waals surface area (Å²) in [5.41, 5.74) is 7.33. The van der Waals surface area contributed by atoms with Crippen LogP contribution >= 0.6 is 12.2 Å². The Hall–Kier alpha value is -2.46. The first kappa shape index (κ1) is 17.0. The van der Waals surface area contributed by atoms with Crippen molar-refractivity contribution in [1.82, 2.24) is 0 Å². The first-order valence-corrected chi connectivity index (χ1v) is 9.64. The second-order valence-corrected chi connectivity index (χ2v) is 7.56. The number of nitrogens with zero attached hydrogens (tertiary/aromatic N) is 1. The highest BCUT2D eigenvalue weighted by molar-refractivity contribution is 7.78. The van der Waals surface area contributed by atoms with Gasteiger partial charge < -0.3 is 0 Å². The van der Waals surface area contributed by atoms with E-state index in [2.05, 4.69) is 65.4 Å². The Morgan fingerprint density at radius 2 is 1.88 bits per heavy atom. The summed E-state index contributed by atoms with van der Waals surface area (Å²) in [6, 6.07) is 14.8. The van der Waals surface area contributed by atoms with Crippen LogP contribution in [0.1, 0.15) is 42.0 Å². The third kappa shape index (κ3) is 4.02. The lowest BCUT2D eigenvalue weighted by Gasteiger charge is -2.15. The van der Waals surface area contributed by atoms with Crippen molar-refractivity contribution in [1.29, 1.82) is 0 Å². The van der Waals surface area contributed by atoms with Crippen LogP contribution in [0.4, 0.5) is 5.69 Å². The highest BCUT2D eigenvalue weighted by atomic mass is 32.1. The molecule has 26 heavy (non-hydrogen) atoms. The van der Waals surface area contributed by atoms with Gasteiger partial charge in [0.1, 0.15) is 0 Å². The zero-order valence-electron chi connectivity index (χ0n) is 15.0. The molecule has 1 fully saturated rings. The van der Waals surface area contributed by atoms with E-state index < -0.39 is 0 Å². The number of fused-ring (bicyclic) bond motifs is 1. The van der Waals surface area contributed by atoms with Gasteiger partial charge in [-0.3, -0.25) is 0 Å². The van der Waals surface area contributed by atoms with Gasteiger partial charge in [0, 0.05) is 11.1 Å². The smallest absolute Gasteiger partial charge is 0.0740 e. The Kier molecular flexibility index (Phi) is 4.85. The molecule has 0 N–H and O–H groups in total. The van der Waals surface area contributed by atoms with E-state index in [1.54, 1.807) is 0 Å². The highest BCUT2D eigenvalue weighted by Gasteiger charge is 2.32. The second kappa shape index (κ2) is 7.42. The van der Waals surface area contributed by atoms with Crippen LogP contribution in [0.25, 0.3) is 6.08 Å². The third-order valence-corrected chi connectivity index (χ3v) is 5.48. The average molecular weight is 356 g/mol. The minimum atomic E-state index is 0.813. The number of thiocarbonyl (C=S) groups is 1.